The Labute approximate surface area is 232 Å². The Bertz CT molecular complexity index is 1300. The van der Waals surface area contributed by atoms with Gasteiger partial charge >= 0.3 is 0 Å². The summed E-state index contributed by atoms with van der Waals surface area (Å²) < 4.78 is 26.2. The van der Waals surface area contributed by atoms with Gasteiger partial charge in [-0.2, -0.15) is 12.6 Å². The molecule has 0 aliphatic carbocycles. The number of aromatic amines is 1. The smallest absolute Gasteiger partial charge is 0.250 e. The van der Waals surface area contributed by atoms with E-state index in [2.05, 4.69) is 59.7 Å². The van der Waals surface area contributed by atoms with Crippen LogP contribution in [-0.4, -0.2) is 92.0 Å². The fourth-order valence-electron chi connectivity index (χ4n) is 5.72. The lowest BCUT2D eigenvalue weighted by Gasteiger charge is -2.34. The van der Waals surface area contributed by atoms with E-state index in [-0.39, 0.29) is 11.7 Å². The van der Waals surface area contributed by atoms with E-state index in [4.69, 9.17) is 5.73 Å². The highest BCUT2D eigenvalue weighted by Crippen LogP contribution is 2.36. The first kappa shape index (κ1) is 28.9. The average molecular weight is 560 g/mol. The predicted octanol–water partition coefficient (Wildman–Crippen LogP) is 3.65. The molecule has 2 aliphatic rings. The summed E-state index contributed by atoms with van der Waals surface area (Å²) in [4.78, 5) is 20.5. The van der Waals surface area contributed by atoms with Crippen LogP contribution < -0.4 is 5.73 Å². The van der Waals surface area contributed by atoms with Gasteiger partial charge in [0.1, 0.15) is 0 Å². The van der Waals surface area contributed by atoms with Gasteiger partial charge in [-0.1, -0.05) is 12.2 Å². The number of nitrogens with two attached hydrogens (primary N) is 1. The molecule has 8 nitrogen and oxygen atoms in total. The summed E-state index contributed by atoms with van der Waals surface area (Å²) in [5.74, 6) is -0.167. The minimum absolute atomic E-state index is 0.121. The number of likely N-dealkylation sites (N-methyl/N-ethyl adjacent to an activating group) is 1. The van der Waals surface area contributed by atoms with Gasteiger partial charge in [-0.3, -0.25) is 9.69 Å². The maximum atomic E-state index is 12.4. The third kappa shape index (κ3) is 6.37. The number of fused-ring (bicyclic) bond motifs is 1. The number of piperidine rings is 2. The van der Waals surface area contributed by atoms with Crippen molar-refractivity contribution in [1.82, 2.24) is 19.1 Å². The van der Waals surface area contributed by atoms with Crippen LogP contribution in [0.1, 0.15) is 60.0 Å². The number of allylic oxidation sites excluding steroid dienone is 2. The molecule has 0 spiro atoms. The number of nitrogens with one attached hydrogen (secondary N) is 1. The van der Waals surface area contributed by atoms with Gasteiger partial charge < -0.3 is 15.6 Å². The van der Waals surface area contributed by atoms with E-state index in [0.29, 0.717) is 24.7 Å². The maximum Gasteiger partial charge on any atom is 0.250 e. The third-order valence-corrected chi connectivity index (χ3v) is 10.4. The van der Waals surface area contributed by atoms with Crippen molar-refractivity contribution in [2.45, 2.75) is 44.6 Å². The monoisotopic (exact) mass is 559 g/mol. The summed E-state index contributed by atoms with van der Waals surface area (Å²) in [5.41, 5.74) is 9.85. The van der Waals surface area contributed by atoms with Crippen molar-refractivity contribution in [3.8, 4) is 0 Å². The van der Waals surface area contributed by atoms with Gasteiger partial charge in [0.15, 0.2) is 0 Å². The molecule has 1 aromatic carbocycles. The molecule has 3 N–H and O–H groups in total. The van der Waals surface area contributed by atoms with E-state index in [1.165, 1.54) is 12.8 Å². The van der Waals surface area contributed by atoms with Crippen LogP contribution >= 0.6 is 12.6 Å². The molecule has 1 amide bonds. The van der Waals surface area contributed by atoms with Crippen LogP contribution in [0.15, 0.2) is 35.9 Å². The fourth-order valence-corrected chi connectivity index (χ4v) is 7.09. The first-order valence-corrected chi connectivity index (χ1v) is 15.6. The second-order valence-corrected chi connectivity index (χ2v) is 13.1. The SMILES string of the molecule is CCS(=O)(=O)N1CCC(c2c[nH]c3c(C(N)=O)cc(C(/C=C/CN(C)C4CCN(C)CC4)=C/S)cc23)CC1. The van der Waals surface area contributed by atoms with Crippen molar-refractivity contribution in [3.63, 3.8) is 0 Å². The number of likely N-dealkylation sites (tertiary alicyclic amines) is 1. The molecule has 3 heterocycles. The van der Waals surface area contributed by atoms with Gasteiger partial charge in [0.2, 0.25) is 10.0 Å². The fraction of sp³-hybridized carbons (Fsp3) is 0.536. The predicted molar refractivity (Wildman–Crippen MR) is 159 cm³/mol. The van der Waals surface area contributed by atoms with Crippen LogP contribution in [0.4, 0.5) is 0 Å². The number of amides is 1. The number of aromatic nitrogens is 1. The molecule has 0 atom stereocenters. The zero-order valence-electron chi connectivity index (χ0n) is 22.7. The molecule has 2 fully saturated rings. The van der Waals surface area contributed by atoms with Gasteiger partial charge in [-0.15, -0.1) is 0 Å². The molecule has 10 heteroatoms. The van der Waals surface area contributed by atoms with Crippen LogP contribution in [-0.2, 0) is 10.0 Å². The summed E-state index contributed by atoms with van der Waals surface area (Å²) in [6.07, 6.45) is 9.98. The molecule has 2 aromatic rings. The third-order valence-electron chi connectivity index (χ3n) is 8.21. The van der Waals surface area contributed by atoms with Crippen molar-refractivity contribution >= 4 is 45.0 Å². The molecule has 2 saturated heterocycles. The van der Waals surface area contributed by atoms with Gasteiger partial charge in [0, 0.05) is 37.3 Å². The number of carbonyl (C=O) groups is 1. The number of nitrogens with zero attached hydrogens (tertiary/aromatic N) is 3. The quantitative estimate of drug-likeness (QED) is 0.322. The van der Waals surface area contributed by atoms with E-state index in [1.807, 2.05) is 12.3 Å². The van der Waals surface area contributed by atoms with Crippen molar-refractivity contribution in [1.29, 1.82) is 0 Å². The normalized spacial score (nSPS) is 19.8. The van der Waals surface area contributed by atoms with Crippen molar-refractivity contribution in [3.05, 3.63) is 52.6 Å². The largest absolute Gasteiger partial charge is 0.366 e. The molecule has 4 rings (SSSR count). The number of rotatable bonds is 9. The summed E-state index contributed by atoms with van der Waals surface area (Å²) >= 11 is 4.48. The number of carbonyl (C=O) groups excluding carboxylic acids is 1. The molecule has 208 valence electrons. The Balaban J connectivity index is 1.56. The minimum atomic E-state index is -3.19. The topological polar surface area (TPSA) is 103 Å². The van der Waals surface area contributed by atoms with Crippen molar-refractivity contribution in [2.75, 3.05) is 52.6 Å². The maximum absolute atomic E-state index is 12.4. The molecule has 1 aromatic heterocycles. The highest BCUT2D eigenvalue weighted by Gasteiger charge is 2.29. The number of sulfonamides is 1. The first-order chi connectivity index (χ1) is 18.1. The van der Waals surface area contributed by atoms with Crippen molar-refractivity contribution in [2.24, 2.45) is 5.73 Å². The Morgan fingerprint density at radius 2 is 1.87 bits per heavy atom. The molecule has 0 saturated carbocycles. The Morgan fingerprint density at radius 1 is 1.18 bits per heavy atom. The second-order valence-electron chi connectivity index (χ2n) is 10.6. The van der Waals surface area contributed by atoms with E-state index in [0.717, 1.165) is 60.1 Å². The second kappa shape index (κ2) is 12.4. The Kier molecular flexibility index (Phi) is 9.41. The number of hydrogen-bond donors (Lipinski definition) is 3. The highest BCUT2D eigenvalue weighted by molar-refractivity contribution is 7.89. The van der Waals surface area contributed by atoms with E-state index in [9.17, 15) is 13.2 Å². The van der Waals surface area contributed by atoms with Crippen molar-refractivity contribution < 1.29 is 13.2 Å². The van der Waals surface area contributed by atoms with E-state index >= 15 is 0 Å². The van der Waals surface area contributed by atoms with E-state index in [1.54, 1.807) is 16.6 Å². The highest BCUT2D eigenvalue weighted by atomic mass is 32.2. The summed E-state index contributed by atoms with van der Waals surface area (Å²) in [6.45, 7) is 5.78. The average Bonchev–Trinajstić information content (AvgIpc) is 3.35. The minimum Gasteiger partial charge on any atom is -0.366 e. The molecule has 0 bridgehead atoms. The van der Waals surface area contributed by atoms with Gasteiger partial charge in [0.05, 0.1) is 16.8 Å². The zero-order valence-corrected chi connectivity index (χ0v) is 24.4. The number of thiol groups is 1. The standard InChI is InChI=1S/C28H41N5O3S2/c1-4-38(35,36)33-14-7-20(8-15-33)26-18-30-27-24(26)16-22(17-25(27)28(29)34)21(19-37)6-5-11-32(3)23-9-12-31(2)13-10-23/h5-6,16-20,23,30,37H,4,7-15H2,1-3H3,(H2,29,34)/b6-5+,21-19+. The Hall–Kier alpha value is -2.11. The zero-order chi connectivity index (χ0) is 27.4. The number of H-pyrrole nitrogens is 1. The van der Waals surface area contributed by atoms with Gasteiger partial charge in [0.25, 0.3) is 5.91 Å². The van der Waals surface area contributed by atoms with Crippen LogP contribution in [0.5, 0.6) is 0 Å². The molecule has 0 radical (unpaired) electrons. The van der Waals surface area contributed by atoms with Gasteiger partial charge in [-0.05, 0) is 100.0 Å². The molecular weight excluding hydrogens is 518 g/mol. The van der Waals surface area contributed by atoms with Crippen LogP contribution in [0.25, 0.3) is 16.5 Å². The summed E-state index contributed by atoms with van der Waals surface area (Å²) in [6, 6.07) is 4.50. The van der Waals surface area contributed by atoms with Crippen LogP contribution in [0.3, 0.4) is 0 Å². The molecular formula is C28H41N5O3S2. The summed E-state index contributed by atoms with van der Waals surface area (Å²) in [5, 5.41) is 2.72. The lowest BCUT2D eigenvalue weighted by atomic mass is 9.88. The lowest BCUT2D eigenvalue weighted by Crippen LogP contribution is -2.41. The lowest BCUT2D eigenvalue weighted by molar-refractivity contribution is 0.100. The molecule has 38 heavy (non-hydrogen) atoms. The van der Waals surface area contributed by atoms with Crippen LogP contribution in [0, 0.1) is 0 Å². The number of benzene rings is 1. The molecule has 0 unspecified atom stereocenters. The van der Waals surface area contributed by atoms with E-state index < -0.39 is 15.9 Å². The molecule has 2 aliphatic heterocycles. The van der Waals surface area contributed by atoms with Crippen LogP contribution in [0.2, 0.25) is 0 Å². The first-order valence-electron chi connectivity index (χ1n) is 13.5. The Morgan fingerprint density at radius 3 is 2.47 bits per heavy atom. The number of primary amides is 1. The number of hydrogen-bond acceptors (Lipinski definition) is 6. The van der Waals surface area contributed by atoms with Gasteiger partial charge in [-0.25, -0.2) is 12.7 Å². The summed E-state index contributed by atoms with van der Waals surface area (Å²) in [7, 11) is 1.16.